The van der Waals surface area contributed by atoms with Crippen molar-refractivity contribution in [1.29, 1.82) is 0 Å². The molecule has 0 radical (unpaired) electrons. The number of benzene rings is 2. The summed E-state index contributed by atoms with van der Waals surface area (Å²) < 4.78 is 11.5. The van der Waals surface area contributed by atoms with Crippen LogP contribution in [0.15, 0.2) is 42.5 Å². The van der Waals surface area contributed by atoms with Crippen LogP contribution >= 0.6 is 0 Å². The van der Waals surface area contributed by atoms with Crippen molar-refractivity contribution in [2.45, 2.75) is 43.9 Å². The topological polar surface area (TPSA) is 103 Å². The number of fused-ring (bicyclic) bond motifs is 1. The van der Waals surface area contributed by atoms with Gasteiger partial charge in [-0.1, -0.05) is 25.1 Å². The predicted molar refractivity (Wildman–Crippen MR) is 107 cm³/mol. The number of nitrogens with zero attached hydrogens (tertiary/aromatic N) is 1. The summed E-state index contributed by atoms with van der Waals surface area (Å²) in [7, 11) is 0. The number of hydrogen-bond donors (Lipinski definition) is 4. The number of rotatable bonds is 4. The zero-order valence-corrected chi connectivity index (χ0v) is 16.3. The van der Waals surface area contributed by atoms with E-state index in [1.54, 1.807) is 6.07 Å². The molecule has 2 aromatic rings. The zero-order chi connectivity index (χ0) is 20.5. The monoisotopic (exact) mass is 401 g/mol. The van der Waals surface area contributed by atoms with Crippen LogP contribution in [0.3, 0.4) is 0 Å². The van der Waals surface area contributed by atoms with Gasteiger partial charge in [0.1, 0.15) is 42.9 Å². The number of ether oxygens (including phenoxy) is 2. The van der Waals surface area contributed by atoms with E-state index in [0.29, 0.717) is 18.7 Å². The van der Waals surface area contributed by atoms with Crippen LogP contribution in [0.2, 0.25) is 0 Å². The minimum atomic E-state index is -1.41. The Morgan fingerprint density at radius 3 is 2.45 bits per heavy atom. The largest absolute Gasteiger partial charge is 0.490 e. The minimum Gasteiger partial charge on any atom is -0.490 e. The second-order valence-corrected chi connectivity index (χ2v) is 7.50. The summed E-state index contributed by atoms with van der Waals surface area (Å²) in [5.41, 5.74) is 3.78. The molecule has 156 valence electrons. The van der Waals surface area contributed by atoms with Gasteiger partial charge in [-0.05, 0) is 41.8 Å². The summed E-state index contributed by atoms with van der Waals surface area (Å²) >= 11 is 0. The van der Waals surface area contributed by atoms with Crippen LogP contribution in [-0.4, -0.2) is 64.6 Å². The quantitative estimate of drug-likeness (QED) is 0.612. The number of aryl methyl sites for hydroxylation is 1. The molecule has 0 amide bonds. The molecule has 7 nitrogen and oxygen atoms in total. The smallest absolute Gasteiger partial charge is 0.143 e. The Morgan fingerprint density at radius 2 is 1.76 bits per heavy atom. The molecule has 0 aliphatic carbocycles. The third-order valence-electron chi connectivity index (χ3n) is 5.72. The first-order valence-corrected chi connectivity index (χ1v) is 9.97. The average molecular weight is 401 g/mol. The first kappa shape index (κ1) is 20.1. The summed E-state index contributed by atoms with van der Waals surface area (Å²) in [5, 5.41) is 40.1. The molecule has 0 bridgehead atoms. The van der Waals surface area contributed by atoms with Crippen molar-refractivity contribution in [2.24, 2.45) is 0 Å². The van der Waals surface area contributed by atoms with Gasteiger partial charge in [0, 0.05) is 5.69 Å². The molecular formula is C22H27NO6. The van der Waals surface area contributed by atoms with E-state index in [1.165, 1.54) is 5.56 Å². The van der Waals surface area contributed by atoms with Gasteiger partial charge >= 0.3 is 0 Å². The molecule has 0 saturated carbocycles. The summed E-state index contributed by atoms with van der Waals surface area (Å²) in [5.74, 6) is 0.726. The van der Waals surface area contributed by atoms with Gasteiger partial charge in [-0.25, -0.2) is 0 Å². The molecule has 0 aromatic heterocycles. The third-order valence-corrected chi connectivity index (χ3v) is 5.72. The highest BCUT2D eigenvalue weighted by atomic mass is 16.5. The minimum absolute atomic E-state index is 0.453. The Hall–Kier alpha value is -2.16. The van der Waals surface area contributed by atoms with Crippen LogP contribution in [0, 0.1) is 0 Å². The number of aliphatic hydroxyl groups is 4. The SMILES string of the molecule is CCc1ccc(N2CCOc3ccc([C@@H]4O[C@H](CO)[C@@H](O)[C@H](O)[C@H]4O)cc32)cc1. The maximum atomic E-state index is 10.5. The molecule has 4 rings (SSSR count). The normalized spacial score (nSPS) is 29.3. The molecule has 7 heteroatoms. The Labute approximate surface area is 169 Å². The molecule has 2 aliphatic rings. The highest BCUT2D eigenvalue weighted by Gasteiger charge is 2.44. The Bertz CT molecular complexity index is 840. The van der Waals surface area contributed by atoms with Gasteiger partial charge < -0.3 is 34.8 Å². The van der Waals surface area contributed by atoms with Gasteiger partial charge in [-0.15, -0.1) is 0 Å². The molecule has 29 heavy (non-hydrogen) atoms. The Balaban J connectivity index is 1.67. The fourth-order valence-corrected chi connectivity index (χ4v) is 3.97. The maximum Gasteiger partial charge on any atom is 0.143 e. The average Bonchev–Trinajstić information content (AvgIpc) is 2.77. The van der Waals surface area contributed by atoms with Crippen LogP contribution in [-0.2, 0) is 11.2 Å². The van der Waals surface area contributed by atoms with Crippen LogP contribution in [0.5, 0.6) is 5.75 Å². The van der Waals surface area contributed by atoms with Gasteiger partial charge in [-0.3, -0.25) is 0 Å². The van der Waals surface area contributed by atoms with Crippen molar-refractivity contribution < 1.29 is 29.9 Å². The third kappa shape index (κ3) is 3.72. The molecule has 2 aromatic carbocycles. The summed E-state index contributed by atoms with van der Waals surface area (Å²) in [6, 6.07) is 13.8. The Morgan fingerprint density at radius 1 is 1.00 bits per heavy atom. The lowest BCUT2D eigenvalue weighted by atomic mass is 9.91. The second kappa shape index (κ2) is 8.30. The van der Waals surface area contributed by atoms with E-state index in [0.717, 1.165) is 23.5 Å². The van der Waals surface area contributed by atoms with E-state index in [9.17, 15) is 20.4 Å². The second-order valence-electron chi connectivity index (χ2n) is 7.50. The van der Waals surface area contributed by atoms with E-state index in [4.69, 9.17) is 9.47 Å². The van der Waals surface area contributed by atoms with Crippen molar-refractivity contribution in [3.63, 3.8) is 0 Å². The van der Waals surface area contributed by atoms with E-state index in [2.05, 4.69) is 36.1 Å². The van der Waals surface area contributed by atoms with Crippen molar-refractivity contribution in [2.75, 3.05) is 24.7 Å². The van der Waals surface area contributed by atoms with E-state index in [-0.39, 0.29) is 0 Å². The van der Waals surface area contributed by atoms with E-state index >= 15 is 0 Å². The predicted octanol–water partition coefficient (Wildman–Crippen LogP) is 1.29. The highest BCUT2D eigenvalue weighted by molar-refractivity contribution is 5.71. The summed E-state index contributed by atoms with van der Waals surface area (Å²) in [6.45, 7) is 2.90. The van der Waals surface area contributed by atoms with Crippen molar-refractivity contribution in [3.8, 4) is 5.75 Å². The zero-order valence-electron chi connectivity index (χ0n) is 16.3. The lowest BCUT2D eigenvalue weighted by Crippen LogP contribution is -2.55. The Kier molecular flexibility index (Phi) is 5.76. The summed E-state index contributed by atoms with van der Waals surface area (Å²) in [6.07, 6.45) is -4.93. The number of anilines is 2. The molecule has 1 fully saturated rings. The number of hydrogen-bond acceptors (Lipinski definition) is 7. The molecule has 2 heterocycles. The van der Waals surface area contributed by atoms with Crippen LogP contribution in [0.4, 0.5) is 11.4 Å². The molecule has 0 spiro atoms. The van der Waals surface area contributed by atoms with Crippen LogP contribution < -0.4 is 9.64 Å². The molecule has 2 aliphatic heterocycles. The molecule has 0 unspecified atom stereocenters. The van der Waals surface area contributed by atoms with Gasteiger partial charge in [0.05, 0.1) is 18.8 Å². The van der Waals surface area contributed by atoms with Gasteiger partial charge in [0.25, 0.3) is 0 Å². The van der Waals surface area contributed by atoms with Gasteiger partial charge in [-0.2, -0.15) is 0 Å². The first-order chi connectivity index (χ1) is 14.0. The van der Waals surface area contributed by atoms with E-state index in [1.807, 2.05) is 12.1 Å². The molecular weight excluding hydrogens is 374 g/mol. The van der Waals surface area contributed by atoms with Gasteiger partial charge in [0.2, 0.25) is 0 Å². The highest BCUT2D eigenvalue weighted by Crippen LogP contribution is 2.41. The van der Waals surface area contributed by atoms with Crippen molar-refractivity contribution in [3.05, 3.63) is 53.6 Å². The maximum absolute atomic E-state index is 10.5. The standard InChI is InChI=1S/C22H27NO6/c1-2-13-3-6-15(7-4-13)23-9-10-28-17-8-5-14(11-16(17)23)22-21(27)20(26)19(25)18(12-24)29-22/h3-8,11,18-22,24-27H,2,9-10,12H2,1H3/t18-,19-,20+,21-,22+/m1/s1. The fraction of sp³-hybridized carbons (Fsp3) is 0.455. The lowest BCUT2D eigenvalue weighted by Gasteiger charge is -2.40. The molecule has 5 atom stereocenters. The van der Waals surface area contributed by atoms with Crippen LogP contribution in [0.1, 0.15) is 24.2 Å². The van der Waals surface area contributed by atoms with Crippen LogP contribution in [0.25, 0.3) is 0 Å². The molecule has 1 saturated heterocycles. The lowest BCUT2D eigenvalue weighted by molar-refractivity contribution is -0.231. The van der Waals surface area contributed by atoms with Crippen molar-refractivity contribution in [1.82, 2.24) is 0 Å². The van der Waals surface area contributed by atoms with Gasteiger partial charge in [0.15, 0.2) is 0 Å². The summed E-state index contributed by atoms with van der Waals surface area (Å²) in [4.78, 5) is 2.14. The first-order valence-electron chi connectivity index (χ1n) is 9.97. The molecule has 4 N–H and O–H groups in total. The van der Waals surface area contributed by atoms with E-state index < -0.39 is 37.1 Å². The fourth-order valence-electron chi connectivity index (χ4n) is 3.97. The number of aliphatic hydroxyl groups excluding tert-OH is 4. The van der Waals surface area contributed by atoms with Crippen molar-refractivity contribution >= 4 is 11.4 Å².